The minimum absolute atomic E-state index is 0.581. The third-order valence-corrected chi connectivity index (χ3v) is 27.6. The van der Waals surface area contributed by atoms with Gasteiger partial charge in [0.05, 0.1) is 77.6 Å². The Balaban J connectivity index is 0.000000139. The minimum Gasteiger partial charge on any atom is -0.309 e. The normalized spacial score (nSPS) is 11.8. The lowest BCUT2D eigenvalue weighted by molar-refractivity contribution is 0.953. The molecule has 644 valence electrons. The molecule has 8 aromatic heterocycles. The lowest BCUT2D eigenvalue weighted by Crippen LogP contribution is -2.06. The average molecular weight is 1760 g/mol. The number of hydrogen-bond donors (Lipinski definition) is 0. The lowest BCUT2D eigenvalue weighted by Gasteiger charge is -2.12. The molecule has 11 heteroatoms. The number of aromatic nitrogens is 11. The van der Waals surface area contributed by atoms with Crippen LogP contribution in [-0.2, 0) is 0 Å². The first-order valence-electron chi connectivity index (χ1n) is 46.8. The average Bonchev–Trinajstić information content (AvgIpc) is 1.54. The van der Waals surface area contributed by atoms with Crippen molar-refractivity contribution in [3.8, 4) is 124 Å². The van der Waals surface area contributed by atoms with Gasteiger partial charge in [-0.1, -0.05) is 346 Å². The zero-order valence-electron chi connectivity index (χ0n) is 74.7. The van der Waals surface area contributed by atoms with Gasteiger partial charge in [-0.3, -0.25) is 9.13 Å². The number of benzene rings is 20. The molecule has 0 saturated carbocycles. The Morgan fingerprint density at radius 3 is 0.804 bits per heavy atom. The van der Waals surface area contributed by atoms with Crippen molar-refractivity contribution in [3.05, 3.63) is 491 Å². The molecule has 0 saturated heterocycles. The molecule has 11 nitrogen and oxygen atoms in total. The Kier molecular flexibility index (Phi) is 18.7. The van der Waals surface area contributed by atoms with E-state index < -0.39 is 0 Å². The highest BCUT2D eigenvalue weighted by Crippen LogP contribution is 2.47. The van der Waals surface area contributed by atoms with Gasteiger partial charge in [0.25, 0.3) is 0 Å². The Bertz CT molecular complexity index is 9490. The summed E-state index contributed by atoms with van der Waals surface area (Å²) < 4.78 is 14.0. The molecule has 0 spiro atoms. The second-order valence-corrected chi connectivity index (χ2v) is 35.4. The van der Waals surface area contributed by atoms with Crippen LogP contribution in [0, 0.1) is 0 Å². The maximum Gasteiger partial charge on any atom is 0.238 e. The van der Waals surface area contributed by atoms with Crippen LogP contribution in [0.4, 0.5) is 0 Å². The summed E-state index contributed by atoms with van der Waals surface area (Å²) in [5.74, 6) is 2.47. The van der Waals surface area contributed by atoms with E-state index in [1.807, 2.05) is 72.8 Å². The Hall–Kier alpha value is -18.7. The monoisotopic (exact) mass is 1760 g/mol. The van der Waals surface area contributed by atoms with Crippen molar-refractivity contribution in [2.45, 2.75) is 0 Å². The standard InChI is InChI=1S/C64H41N5.C63H40N6/c1-5-17-44(18-6-1)55-41-56(45-19-7-2-8-20-45)66-64(65-55)69-60-37-34-47(40-54(60)62-61(69)38-35-52-50-25-13-16-28-58(50)68(63(52)62)49-23-11-4-12-24-49)43-31-29-42(30-32-43)46-33-36-59-53(39-46)51-26-14-15-27-57(51)67(59)48-21-9-3-10-22-48;1-4-16-43(17-5-1)61-64-62(44-18-6-2-7-19-44)66-63(65-61)69-57-27-15-12-24-51(57)52-38-45(33-36-60(52)69)41-28-30-42(31-29-41)46-32-35-58-53(39-46)54-40-48(34-37-59(54)67(58)47-20-8-3-9-21-47)68-55-25-13-10-22-49(55)50-23-11-14-26-56(50)68/h1-41H;1-40H. The molecule has 0 aliphatic heterocycles. The van der Waals surface area contributed by atoms with E-state index in [0.717, 1.165) is 139 Å². The van der Waals surface area contributed by atoms with E-state index in [1.165, 1.54) is 92.9 Å². The fourth-order valence-electron chi connectivity index (χ4n) is 21.2. The summed E-state index contributed by atoms with van der Waals surface area (Å²) in [5.41, 5.74) is 33.1. The van der Waals surface area contributed by atoms with E-state index in [9.17, 15) is 0 Å². The van der Waals surface area contributed by atoms with Crippen LogP contribution < -0.4 is 0 Å². The first kappa shape index (κ1) is 79.1. The maximum atomic E-state index is 5.39. The minimum atomic E-state index is 0.581. The van der Waals surface area contributed by atoms with Crippen LogP contribution in [-0.4, -0.2) is 52.3 Å². The number of fused-ring (bicyclic) bond motifs is 19. The molecule has 28 rings (SSSR count). The van der Waals surface area contributed by atoms with Gasteiger partial charge < -0.3 is 18.3 Å². The van der Waals surface area contributed by atoms with Gasteiger partial charge in [0.1, 0.15) is 0 Å². The van der Waals surface area contributed by atoms with Crippen molar-refractivity contribution < 1.29 is 0 Å². The zero-order valence-corrected chi connectivity index (χ0v) is 74.7. The molecule has 28 aromatic rings. The quantitative estimate of drug-likeness (QED) is 0.108. The van der Waals surface area contributed by atoms with Gasteiger partial charge in [0, 0.05) is 110 Å². The highest BCUT2D eigenvalue weighted by molar-refractivity contribution is 6.27. The molecule has 0 unspecified atom stereocenters. The third kappa shape index (κ3) is 13.2. The van der Waals surface area contributed by atoms with Crippen molar-refractivity contribution in [2.75, 3.05) is 0 Å². The molecule has 0 fully saturated rings. The van der Waals surface area contributed by atoms with Crippen molar-refractivity contribution >= 4 is 131 Å². The molecule has 0 atom stereocenters. The first-order valence-corrected chi connectivity index (χ1v) is 46.8. The van der Waals surface area contributed by atoms with Gasteiger partial charge >= 0.3 is 0 Å². The second-order valence-electron chi connectivity index (χ2n) is 35.4. The highest BCUT2D eigenvalue weighted by Gasteiger charge is 2.27. The van der Waals surface area contributed by atoms with Crippen molar-refractivity contribution in [2.24, 2.45) is 0 Å². The molecule has 0 radical (unpaired) electrons. The topological polar surface area (TPSA) is 94.0 Å². The smallest absolute Gasteiger partial charge is 0.238 e. The van der Waals surface area contributed by atoms with Gasteiger partial charge in [0.2, 0.25) is 11.9 Å². The SMILES string of the molecule is c1ccc(-c2cc(-c3ccccc3)nc(-n3c4ccc(-c5ccc(-c6ccc7c(c6)c6ccccc6n7-c6ccccc6)cc5)cc4c4c3ccc3c5ccccc5n(-c5ccccc5)c34)n2)cc1.c1ccc(-c2nc(-c3ccccc3)nc(-n3c4ccccc4c4cc(-c5ccc(-c6ccc7c(c6)c6cc(-n8c9ccccc9c9ccccc98)ccc6n7-c6ccccc6)cc5)ccc43)n2)cc1. The van der Waals surface area contributed by atoms with E-state index in [1.54, 1.807) is 0 Å². The summed E-state index contributed by atoms with van der Waals surface area (Å²) in [7, 11) is 0. The summed E-state index contributed by atoms with van der Waals surface area (Å²) in [5, 5.41) is 14.4. The molecule has 138 heavy (non-hydrogen) atoms. The van der Waals surface area contributed by atoms with Gasteiger partial charge in [-0.15, -0.1) is 0 Å². The number of para-hydroxylation sites is 8. The molecule has 0 amide bonds. The Labute approximate surface area is 793 Å². The maximum absolute atomic E-state index is 5.39. The summed E-state index contributed by atoms with van der Waals surface area (Å²) >= 11 is 0. The summed E-state index contributed by atoms with van der Waals surface area (Å²) in [4.78, 5) is 26.0. The van der Waals surface area contributed by atoms with Gasteiger partial charge in [-0.2, -0.15) is 9.97 Å². The predicted octanol–water partition coefficient (Wildman–Crippen LogP) is 32.3. The largest absolute Gasteiger partial charge is 0.309 e. The number of rotatable bonds is 14. The van der Waals surface area contributed by atoms with E-state index in [2.05, 4.69) is 446 Å². The van der Waals surface area contributed by atoms with Crippen LogP contribution in [0.3, 0.4) is 0 Å². The fourth-order valence-corrected chi connectivity index (χ4v) is 21.2. The molecule has 0 aliphatic rings. The highest BCUT2D eigenvalue weighted by atomic mass is 15.2. The van der Waals surface area contributed by atoms with E-state index in [-0.39, 0.29) is 0 Å². The lowest BCUT2D eigenvalue weighted by atomic mass is 9.98. The van der Waals surface area contributed by atoms with Crippen molar-refractivity contribution in [1.82, 2.24) is 52.3 Å². The fraction of sp³-hybridized carbons (Fsp3) is 0. The summed E-state index contributed by atoms with van der Waals surface area (Å²) in [6, 6.07) is 176. The molecular formula is C127H81N11. The van der Waals surface area contributed by atoms with E-state index in [0.29, 0.717) is 23.5 Å². The van der Waals surface area contributed by atoms with Crippen molar-refractivity contribution in [1.29, 1.82) is 0 Å². The zero-order chi connectivity index (χ0) is 90.8. The van der Waals surface area contributed by atoms with Crippen LogP contribution in [0.5, 0.6) is 0 Å². The van der Waals surface area contributed by atoms with E-state index in [4.69, 9.17) is 24.9 Å². The molecule has 20 aromatic carbocycles. The van der Waals surface area contributed by atoms with Gasteiger partial charge in [0.15, 0.2) is 11.6 Å². The summed E-state index contributed by atoms with van der Waals surface area (Å²) in [6.45, 7) is 0. The summed E-state index contributed by atoms with van der Waals surface area (Å²) in [6.07, 6.45) is 0. The van der Waals surface area contributed by atoms with Crippen molar-refractivity contribution in [3.63, 3.8) is 0 Å². The molecular weight excluding hydrogens is 1680 g/mol. The molecule has 8 heterocycles. The van der Waals surface area contributed by atoms with Crippen LogP contribution >= 0.6 is 0 Å². The van der Waals surface area contributed by atoms with Crippen LogP contribution in [0.2, 0.25) is 0 Å². The van der Waals surface area contributed by atoms with Gasteiger partial charge in [-0.05, 0) is 190 Å². The first-order chi connectivity index (χ1) is 68.4. The number of hydrogen-bond acceptors (Lipinski definition) is 5. The predicted molar refractivity (Wildman–Crippen MR) is 571 cm³/mol. The second kappa shape index (κ2) is 32.6. The Morgan fingerprint density at radius 2 is 0.391 bits per heavy atom. The molecule has 0 bridgehead atoms. The molecule has 0 aliphatic carbocycles. The molecule has 0 N–H and O–H groups in total. The Morgan fingerprint density at radius 1 is 0.130 bits per heavy atom. The van der Waals surface area contributed by atoms with Gasteiger partial charge in [-0.25, -0.2) is 15.0 Å². The van der Waals surface area contributed by atoms with Crippen LogP contribution in [0.25, 0.3) is 255 Å². The van der Waals surface area contributed by atoms with Crippen LogP contribution in [0.15, 0.2) is 491 Å². The third-order valence-electron chi connectivity index (χ3n) is 27.6. The van der Waals surface area contributed by atoms with E-state index >= 15 is 0 Å². The number of nitrogens with zero attached hydrogens (tertiary/aromatic N) is 11. The van der Waals surface area contributed by atoms with Crippen LogP contribution in [0.1, 0.15) is 0 Å².